The molecule has 4 aliphatic heterocycles. The van der Waals surface area contributed by atoms with E-state index in [1.165, 1.54) is 0 Å². The minimum Gasteiger partial charge on any atom is -0.493 e. The van der Waals surface area contributed by atoms with Gasteiger partial charge in [0.1, 0.15) is 16.7 Å². The zero-order chi connectivity index (χ0) is 27.1. The lowest BCUT2D eigenvalue weighted by Gasteiger charge is -2.43. The van der Waals surface area contributed by atoms with Crippen LogP contribution in [0.4, 0.5) is 11.4 Å². The van der Waals surface area contributed by atoms with Gasteiger partial charge in [-0.2, -0.15) is 0 Å². The number of fused-ring (bicyclic) bond motifs is 7. The summed E-state index contributed by atoms with van der Waals surface area (Å²) in [6.45, 7) is 6.92. The van der Waals surface area contributed by atoms with Gasteiger partial charge in [0.05, 0.1) is 18.1 Å². The van der Waals surface area contributed by atoms with Crippen LogP contribution in [0.2, 0.25) is 0 Å². The SMILES string of the molecule is CCOc1ccccc1C(=O)[C@@H]1[C@H]2CCCN2[C@]2(C(=O)Nc3c(C)cc(C)cc32)[C@]12C(=O)Nc1ccccc12. The summed E-state index contributed by atoms with van der Waals surface area (Å²) < 4.78 is 5.89. The molecule has 39 heavy (non-hydrogen) atoms. The maximum absolute atomic E-state index is 14.9. The lowest BCUT2D eigenvalue weighted by Crippen LogP contribution is -2.62. The van der Waals surface area contributed by atoms with E-state index in [0.717, 1.165) is 35.2 Å². The van der Waals surface area contributed by atoms with Crippen LogP contribution in [0.15, 0.2) is 60.7 Å². The number of rotatable bonds is 4. The highest BCUT2D eigenvalue weighted by molar-refractivity contribution is 6.21. The van der Waals surface area contributed by atoms with Crippen LogP contribution in [0, 0.1) is 19.8 Å². The van der Waals surface area contributed by atoms with Gasteiger partial charge in [-0.3, -0.25) is 19.3 Å². The molecule has 7 nitrogen and oxygen atoms in total. The van der Waals surface area contributed by atoms with Crippen molar-refractivity contribution in [3.63, 3.8) is 0 Å². The number of ether oxygens (including phenoxy) is 1. The van der Waals surface area contributed by atoms with Gasteiger partial charge in [-0.05, 0) is 69.5 Å². The van der Waals surface area contributed by atoms with Gasteiger partial charge >= 0.3 is 0 Å². The Hall–Kier alpha value is -3.97. The first kappa shape index (κ1) is 24.1. The fourth-order valence-corrected chi connectivity index (χ4v) is 8.16. The number of nitrogens with one attached hydrogen (secondary N) is 2. The standard InChI is InChI=1S/C32H31N3O4/c1-4-39-25-14-8-5-10-20(25)28(36)26-24-13-9-15-35(24)32(22-17-18(2)16-19(3)27(22)34-30(32)38)31(26)21-11-6-7-12-23(21)33-29(31)37/h5-8,10-12,14,16-17,24,26H,4,9,13,15H2,1-3H3,(H,33,37)(H,34,38)/t24-,26+,31+,32-/m1/s1. The molecule has 0 bridgehead atoms. The van der Waals surface area contributed by atoms with Crippen molar-refractivity contribution in [3.8, 4) is 5.75 Å². The van der Waals surface area contributed by atoms with Crippen LogP contribution < -0.4 is 15.4 Å². The summed E-state index contributed by atoms with van der Waals surface area (Å²) in [6.07, 6.45) is 1.57. The van der Waals surface area contributed by atoms with Crippen molar-refractivity contribution in [3.05, 3.63) is 88.5 Å². The van der Waals surface area contributed by atoms with E-state index in [0.29, 0.717) is 35.7 Å². The monoisotopic (exact) mass is 521 g/mol. The predicted octanol–water partition coefficient (Wildman–Crippen LogP) is 4.72. The Morgan fingerprint density at radius 2 is 1.77 bits per heavy atom. The van der Waals surface area contributed by atoms with Crippen LogP contribution in [0.5, 0.6) is 5.75 Å². The molecular formula is C32H31N3O4. The van der Waals surface area contributed by atoms with E-state index in [1.54, 1.807) is 12.1 Å². The van der Waals surface area contributed by atoms with Crippen molar-refractivity contribution in [2.45, 2.75) is 50.6 Å². The highest BCUT2D eigenvalue weighted by Gasteiger charge is 2.81. The minimum atomic E-state index is -1.46. The van der Waals surface area contributed by atoms with Gasteiger partial charge < -0.3 is 15.4 Å². The molecule has 0 saturated carbocycles. The molecule has 198 valence electrons. The van der Waals surface area contributed by atoms with Crippen molar-refractivity contribution in [2.24, 2.45) is 5.92 Å². The highest BCUT2D eigenvalue weighted by atomic mass is 16.5. The first-order valence-corrected chi connectivity index (χ1v) is 13.7. The lowest BCUT2D eigenvalue weighted by molar-refractivity contribution is -0.137. The molecule has 7 heteroatoms. The summed E-state index contributed by atoms with van der Waals surface area (Å²) >= 11 is 0. The van der Waals surface area contributed by atoms with Crippen LogP contribution in [0.3, 0.4) is 0 Å². The average Bonchev–Trinajstić information content (AvgIpc) is 3.64. The smallest absolute Gasteiger partial charge is 0.251 e. The Bertz CT molecular complexity index is 1580. The maximum Gasteiger partial charge on any atom is 0.251 e. The number of anilines is 2. The third kappa shape index (κ3) is 2.78. The number of carbonyl (C=O) groups excluding carboxylic acids is 3. The van der Waals surface area contributed by atoms with Gasteiger partial charge in [-0.25, -0.2) is 0 Å². The van der Waals surface area contributed by atoms with Gasteiger partial charge in [0.2, 0.25) is 5.91 Å². The molecule has 7 rings (SSSR count). The molecule has 2 saturated heterocycles. The zero-order valence-corrected chi connectivity index (χ0v) is 22.3. The van der Waals surface area contributed by atoms with E-state index in [9.17, 15) is 14.4 Å². The number of hydrogen-bond donors (Lipinski definition) is 2. The lowest BCUT2D eigenvalue weighted by atomic mass is 9.57. The number of hydrogen-bond acceptors (Lipinski definition) is 5. The summed E-state index contributed by atoms with van der Waals surface area (Å²) in [5.41, 5.74) is 2.49. The van der Waals surface area contributed by atoms with Crippen molar-refractivity contribution >= 4 is 29.0 Å². The van der Waals surface area contributed by atoms with Crippen LogP contribution in [-0.2, 0) is 20.5 Å². The highest BCUT2D eigenvalue weighted by Crippen LogP contribution is 2.68. The summed E-state index contributed by atoms with van der Waals surface area (Å²) in [5.74, 6) is -0.987. The Labute approximate surface area is 227 Å². The van der Waals surface area contributed by atoms with Crippen molar-refractivity contribution in [1.29, 1.82) is 0 Å². The third-order valence-electron chi connectivity index (χ3n) is 9.28. The summed E-state index contributed by atoms with van der Waals surface area (Å²) in [4.78, 5) is 46.3. The van der Waals surface area contributed by atoms with E-state index < -0.39 is 16.9 Å². The number of aryl methyl sites for hydroxylation is 2. The molecule has 2 amide bonds. The number of carbonyl (C=O) groups is 3. The van der Waals surface area contributed by atoms with Gasteiger partial charge in [0.15, 0.2) is 5.78 Å². The molecule has 3 aromatic carbocycles. The van der Waals surface area contributed by atoms with Crippen LogP contribution in [0.25, 0.3) is 0 Å². The first-order chi connectivity index (χ1) is 18.9. The molecule has 4 aliphatic rings. The molecule has 4 atom stereocenters. The number of nitrogens with zero attached hydrogens (tertiary/aromatic N) is 1. The fourth-order valence-electron chi connectivity index (χ4n) is 8.16. The number of Topliss-reactive ketones (excluding diaryl/α,β-unsaturated/α-hetero) is 1. The number of ketones is 1. The summed E-state index contributed by atoms with van der Waals surface area (Å²) in [6, 6.07) is 18.6. The zero-order valence-electron chi connectivity index (χ0n) is 22.3. The molecule has 2 spiro atoms. The molecular weight excluding hydrogens is 490 g/mol. The van der Waals surface area contributed by atoms with Crippen molar-refractivity contribution in [1.82, 2.24) is 4.90 Å². The Balaban J connectivity index is 1.59. The molecule has 2 fully saturated rings. The predicted molar refractivity (Wildman–Crippen MR) is 148 cm³/mol. The largest absolute Gasteiger partial charge is 0.493 e. The Morgan fingerprint density at radius 3 is 2.59 bits per heavy atom. The molecule has 3 aromatic rings. The molecule has 0 aromatic heterocycles. The molecule has 4 heterocycles. The average molecular weight is 522 g/mol. The first-order valence-electron chi connectivity index (χ1n) is 13.7. The topological polar surface area (TPSA) is 87.7 Å². The van der Waals surface area contributed by atoms with Gasteiger partial charge in [0, 0.05) is 23.0 Å². The summed E-state index contributed by atoms with van der Waals surface area (Å²) in [7, 11) is 0. The Morgan fingerprint density at radius 1 is 1.00 bits per heavy atom. The number of para-hydroxylation sites is 2. The van der Waals surface area contributed by atoms with Gasteiger partial charge in [-0.15, -0.1) is 0 Å². The maximum atomic E-state index is 14.9. The number of benzene rings is 3. The second-order valence-electron chi connectivity index (χ2n) is 11.2. The second-order valence-corrected chi connectivity index (χ2v) is 11.2. The van der Waals surface area contributed by atoms with E-state index in [2.05, 4.69) is 15.5 Å². The fraction of sp³-hybridized carbons (Fsp3) is 0.344. The summed E-state index contributed by atoms with van der Waals surface area (Å²) in [5, 5.41) is 6.27. The van der Waals surface area contributed by atoms with E-state index in [4.69, 9.17) is 4.74 Å². The van der Waals surface area contributed by atoms with Gasteiger partial charge in [-0.1, -0.05) is 48.0 Å². The van der Waals surface area contributed by atoms with E-state index in [1.807, 2.05) is 69.3 Å². The van der Waals surface area contributed by atoms with E-state index >= 15 is 0 Å². The normalized spacial score (nSPS) is 28.4. The molecule has 2 N–H and O–H groups in total. The van der Waals surface area contributed by atoms with Gasteiger partial charge in [0.25, 0.3) is 5.91 Å². The quantitative estimate of drug-likeness (QED) is 0.486. The minimum absolute atomic E-state index is 0.162. The third-order valence-corrected chi connectivity index (χ3v) is 9.28. The second kappa shape index (κ2) is 8.26. The molecule has 0 aliphatic carbocycles. The Kier molecular flexibility index (Phi) is 5.11. The van der Waals surface area contributed by atoms with Crippen LogP contribution in [0.1, 0.15) is 52.4 Å². The van der Waals surface area contributed by atoms with Crippen LogP contribution >= 0.6 is 0 Å². The number of amides is 2. The van der Waals surface area contributed by atoms with Crippen molar-refractivity contribution < 1.29 is 19.1 Å². The van der Waals surface area contributed by atoms with Crippen molar-refractivity contribution in [2.75, 3.05) is 23.8 Å². The van der Waals surface area contributed by atoms with E-state index in [-0.39, 0.29) is 23.6 Å². The molecule has 0 radical (unpaired) electrons. The molecule has 0 unspecified atom stereocenters. The van der Waals surface area contributed by atoms with Crippen LogP contribution in [-0.4, -0.2) is 41.7 Å².